The van der Waals surface area contributed by atoms with Crippen LogP contribution in [0.25, 0.3) is 11.1 Å². The summed E-state index contributed by atoms with van der Waals surface area (Å²) in [6.45, 7) is 7.03. The molecule has 1 N–H and O–H groups in total. The van der Waals surface area contributed by atoms with Gasteiger partial charge in [-0.1, -0.05) is 18.2 Å². The normalized spacial score (nSPS) is 16.1. The van der Waals surface area contributed by atoms with E-state index in [-0.39, 0.29) is 12.5 Å². The van der Waals surface area contributed by atoms with Gasteiger partial charge < -0.3 is 19.9 Å². The highest BCUT2D eigenvalue weighted by molar-refractivity contribution is 5.96. The van der Waals surface area contributed by atoms with Gasteiger partial charge in [0.05, 0.1) is 11.3 Å². The molecule has 1 amide bonds. The number of ether oxygens (including phenoxy) is 1. The first kappa shape index (κ1) is 19.4. The molecular weight excluding hydrogens is 394 g/mol. The van der Waals surface area contributed by atoms with Crippen LogP contribution in [0.4, 0.5) is 17.1 Å². The summed E-state index contributed by atoms with van der Waals surface area (Å²) in [6.07, 6.45) is 0. The Hall–Kier alpha value is -3.61. The molecule has 5 rings (SSSR count). The molecule has 31 heavy (non-hydrogen) atoms. The van der Waals surface area contributed by atoms with Crippen LogP contribution >= 0.6 is 0 Å². The molecule has 7 heteroatoms. The van der Waals surface area contributed by atoms with E-state index in [1.807, 2.05) is 4.90 Å². The quantitative estimate of drug-likeness (QED) is 0.659. The number of carbonyl (C=O) groups is 1. The lowest BCUT2D eigenvalue weighted by Gasteiger charge is -2.39. The van der Waals surface area contributed by atoms with E-state index in [0.717, 1.165) is 13.1 Å². The molecule has 2 aliphatic rings. The Morgan fingerprint density at radius 2 is 1.61 bits per heavy atom. The topological polar surface area (TPSA) is 79.0 Å². The van der Waals surface area contributed by atoms with E-state index in [1.165, 1.54) is 16.8 Å². The lowest BCUT2D eigenvalue weighted by Crippen LogP contribution is -2.51. The van der Waals surface area contributed by atoms with Gasteiger partial charge in [0.25, 0.3) is 5.91 Å². The summed E-state index contributed by atoms with van der Waals surface area (Å²) < 4.78 is 5.47. The summed E-state index contributed by atoms with van der Waals surface area (Å²) in [5.74, 6) is 0.299. The van der Waals surface area contributed by atoms with Gasteiger partial charge in [0.1, 0.15) is 11.4 Å². The number of benzene rings is 2. The van der Waals surface area contributed by atoms with Crippen LogP contribution < -0.4 is 30.7 Å². The largest absolute Gasteiger partial charge is 0.482 e. The second kappa shape index (κ2) is 7.27. The fourth-order valence-electron chi connectivity index (χ4n) is 4.41. The number of nitrogens with one attached hydrogen (secondary N) is 1. The van der Waals surface area contributed by atoms with Crippen LogP contribution in [-0.2, 0) is 4.79 Å². The minimum atomic E-state index is -0.466. The highest BCUT2D eigenvalue weighted by Crippen LogP contribution is 2.35. The molecule has 0 radical (unpaired) electrons. The van der Waals surface area contributed by atoms with Gasteiger partial charge in [-0.15, -0.1) is 0 Å². The summed E-state index contributed by atoms with van der Waals surface area (Å²) in [5.41, 5.74) is 4.92. The first-order valence-electron chi connectivity index (χ1n) is 10.4. The predicted molar refractivity (Wildman–Crippen MR) is 121 cm³/mol. The van der Waals surface area contributed by atoms with Crippen molar-refractivity contribution in [3.8, 4) is 16.9 Å². The fourth-order valence-corrected chi connectivity index (χ4v) is 4.41. The number of piperazine rings is 1. The maximum absolute atomic E-state index is 12.5. The van der Waals surface area contributed by atoms with Gasteiger partial charge >= 0.3 is 0 Å². The summed E-state index contributed by atoms with van der Waals surface area (Å²) in [4.78, 5) is 40.8. The molecule has 0 bridgehead atoms. The van der Waals surface area contributed by atoms with Crippen LogP contribution in [0.5, 0.6) is 5.75 Å². The van der Waals surface area contributed by atoms with Crippen molar-refractivity contribution in [3.63, 3.8) is 0 Å². The Bertz CT molecular complexity index is 1260. The number of amides is 1. The number of hydrogen-bond acceptors (Lipinski definition) is 6. The third-order valence-corrected chi connectivity index (χ3v) is 6.09. The Kier molecular flexibility index (Phi) is 4.54. The maximum atomic E-state index is 12.5. The molecule has 158 valence electrons. The van der Waals surface area contributed by atoms with Gasteiger partial charge in [-0.3, -0.25) is 14.4 Å². The molecule has 0 aromatic heterocycles. The molecule has 0 atom stereocenters. The number of rotatable bonds is 3. The zero-order chi connectivity index (χ0) is 21.7. The molecule has 0 saturated carbocycles. The number of nitrogens with zero attached hydrogens (tertiary/aromatic N) is 2. The zero-order valence-electron chi connectivity index (χ0n) is 17.5. The molecule has 3 aromatic carbocycles. The van der Waals surface area contributed by atoms with E-state index in [1.54, 1.807) is 18.2 Å². The van der Waals surface area contributed by atoms with Crippen molar-refractivity contribution in [1.29, 1.82) is 0 Å². The van der Waals surface area contributed by atoms with E-state index in [9.17, 15) is 14.4 Å². The SMILES string of the molecule is Cc1ccc(C)c(N2CCN(c3c(-c4ccc5c(c4)OCC(=O)N5)c(=O)c3=O)CC2)c1. The van der Waals surface area contributed by atoms with Crippen molar-refractivity contribution in [2.75, 3.05) is 47.9 Å². The number of carbonyl (C=O) groups excluding carboxylic acids is 1. The fraction of sp³-hybridized carbons (Fsp3) is 0.292. The summed E-state index contributed by atoms with van der Waals surface area (Å²) >= 11 is 0. The van der Waals surface area contributed by atoms with E-state index < -0.39 is 10.9 Å². The minimum Gasteiger partial charge on any atom is -0.482 e. The number of fused-ring (bicyclic) bond motifs is 1. The monoisotopic (exact) mass is 417 g/mol. The predicted octanol–water partition coefficient (Wildman–Crippen LogP) is 2.22. The molecular formula is C24H23N3O4. The van der Waals surface area contributed by atoms with Gasteiger partial charge in [0, 0.05) is 31.9 Å². The average Bonchev–Trinajstić information content (AvgIpc) is 2.78. The van der Waals surface area contributed by atoms with Crippen LogP contribution in [-0.4, -0.2) is 38.7 Å². The lowest BCUT2D eigenvalue weighted by atomic mass is 9.96. The van der Waals surface area contributed by atoms with E-state index >= 15 is 0 Å². The molecule has 2 aliphatic heterocycles. The van der Waals surface area contributed by atoms with Crippen LogP contribution in [0, 0.1) is 13.8 Å². The molecule has 3 aromatic rings. The molecule has 0 spiro atoms. The minimum absolute atomic E-state index is 0.0599. The third-order valence-electron chi connectivity index (χ3n) is 6.09. The molecule has 0 aliphatic carbocycles. The van der Waals surface area contributed by atoms with E-state index in [0.29, 0.717) is 41.3 Å². The van der Waals surface area contributed by atoms with E-state index in [2.05, 4.69) is 42.3 Å². The Morgan fingerprint density at radius 1 is 0.871 bits per heavy atom. The third kappa shape index (κ3) is 3.26. The molecule has 1 fully saturated rings. The highest BCUT2D eigenvalue weighted by Gasteiger charge is 2.30. The van der Waals surface area contributed by atoms with Crippen molar-refractivity contribution in [2.45, 2.75) is 13.8 Å². The van der Waals surface area contributed by atoms with Crippen LogP contribution in [0.15, 0.2) is 46.0 Å². The van der Waals surface area contributed by atoms with Crippen molar-refractivity contribution >= 4 is 23.0 Å². The smallest absolute Gasteiger partial charge is 0.262 e. The van der Waals surface area contributed by atoms with Gasteiger partial charge in [-0.25, -0.2) is 0 Å². The number of aryl methyl sites for hydroxylation is 2. The summed E-state index contributed by atoms with van der Waals surface area (Å²) in [5, 5.41) is 2.74. The molecule has 1 saturated heterocycles. The van der Waals surface area contributed by atoms with E-state index in [4.69, 9.17) is 4.74 Å². The molecule has 2 heterocycles. The number of hydrogen-bond donors (Lipinski definition) is 1. The summed E-state index contributed by atoms with van der Waals surface area (Å²) in [6, 6.07) is 11.6. The molecule has 7 nitrogen and oxygen atoms in total. The highest BCUT2D eigenvalue weighted by atomic mass is 16.5. The van der Waals surface area contributed by atoms with Crippen LogP contribution in [0.3, 0.4) is 0 Å². The Morgan fingerprint density at radius 3 is 2.39 bits per heavy atom. The van der Waals surface area contributed by atoms with Crippen molar-refractivity contribution in [2.24, 2.45) is 0 Å². The average molecular weight is 417 g/mol. The van der Waals surface area contributed by atoms with Gasteiger partial charge in [0.15, 0.2) is 6.61 Å². The van der Waals surface area contributed by atoms with Gasteiger partial charge in [-0.05, 0) is 48.7 Å². The second-order valence-corrected chi connectivity index (χ2v) is 8.19. The second-order valence-electron chi connectivity index (χ2n) is 8.19. The zero-order valence-corrected chi connectivity index (χ0v) is 17.5. The summed E-state index contributed by atoms with van der Waals surface area (Å²) in [7, 11) is 0. The maximum Gasteiger partial charge on any atom is 0.262 e. The lowest BCUT2D eigenvalue weighted by molar-refractivity contribution is -0.118. The molecule has 0 unspecified atom stereocenters. The van der Waals surface area contributed by atoms with Crippen molar-refractivity contribution < 1.29 is 9.53 Å². The Labute approximate surface area is 179 Å². The Balaban J connectivity index is 1.39. The van der Waals surface area contributed by atoms with Gasteiger partial charge in [-0.2, -0.15) is 0 Å². The van der Waals surface area contributed by atoms with Crippen molar-refractivity contribution in [1.82, 2.24) is 0 Å². The first-order valence-corrected chi connectivity index (χ1v) is 10.4. The van der Waals surface area contributed by atoms with Crippen LogP contribution in [0.1, 0.15) is 11.1 Å². The van der Waals surface area contributed by atoms with Crippen molar-refractivity contribution in [3.05, 3.63) is 68.0 Å². The standard InChI is InChI=1S/C24H23N3O4/c1-14-3-4-15(2)18(11-14)26-7-9-27(10-8-26)22-21(23(29)24(22)30)16-5-6-17-19(12-16)31-13-20(28)25-17/h3-6,11-12H,7-10,13H2,1-2H3,(H,25,28). The number of anilines is 3. The van der Waals surface area contributed by atoms with Crippen LogP contribution in [0.2, 0.25) is 0 Å². The first-order chi connectivity index (χ1) is 14.9. The van der Waals surface area contributed by atoms with Gasteiger partial charge in [0.2, 0.25) is 10.9 Å².